The van der Waals surface area contributed by atoms with Gasteiger partial charge in [-0.15, -0.1) is 0 Å². The van der Waals surface area contributed by atoms with Crippen molar-refractivity contribution in [3.8, 4) is 0 Å². The summed E-state index contributed by atoms with van der Waals surface area (Å²) in [5, 5.41) is 19.1. The van der Waals surface area contributed by atoms with E-state index in [0.717, 1.165) is 31.3 Å². The monoisotopic (exact) mass is 182 g/mol. The second-order valence-corrected chi connectivity index (χ2v) is 3.46. The molecule has 1 aliphatic rings. The summed E-state index contributed by atoms with van der Waals surface area (Å²) in [5.41, 5.74) is 1.05. The van der Waals surface area contributed by atoms with Crippen LogP contribution in [0.3, 0.4) is 0 Å². The van der Waals surface area contributed by atoms with Crippen molar-refractivity contribution in [2.75, 3.05) is 25.1 Å². The molecule has 0 aliphatic carbocycles. The molecule has 1 saturated heterocycles. The van der Waals surface area contributed by atoms with Crippen LogP contribution in [0.5, 0.6) is 0 Å². The lowest BCUT2D eigenvalue weighted by atomic mass is 10.2. The molecule has 1 aromatic heterocycles. The molecule has 0 spiro atoms. The quantitative estimate of drug-likeness (QED) is 0.604. The number of aromatic nitrogens is 2. The molecular formula is C8H14N4O. The predicted octanol–water partition coefficient (Wildman–Crippen LogP) is -0.236. The number of aromatic amines is 1. The van der Waals surface area contributed by atoms with Crippen LogP contribution < -0.4 is 5.32 Å². The van der Waals surface area contributed by atoms with Gasteiger partial charge in [0.15, 0.2) is 0 Å². The topological polar surface area (TPSA) is 64.2 Å². The molecule has 5 heteroatoms. The fraction of sp³-hybridized carbons (Fsp3) is 0.625. The lowest BCUT2D eigenvalue weighted by Gasteiger charge is -2.35. The van der Waals surface area contributed by atoms with E-state index in [1.807, 2.05) is 13.0 Å². The molecule has 0 unspecified atom stereocenters. The minimum absolute atomic E-state index is 0.136. The predicted molar refractivity (Wildman–Crippen MR) is 49.4 cm³/mol. The first-order valence-electron chi connectivity index (χ1n) is 4.40. The maximum absolute atomic E-state index is 9.03. The number of aliphatic hydroxyl groups excluding tert-OH is 1. The number of H-pyrrole nitrogens is 1. The SMILES string of the molecule is Cc1cc(NCN2CC(O)C2)n[nH]1. The van der Waals surface area contributed by atoms with Crippen LogP contribution in [0.4, 0.5) is 5.82 Å². The zero-order valence-corrected chi connectivity index (χ0v) is 7.62. The molecule has 0 radical (unpaired) electrons. The Kier molecular flexibility index (Phi) is 2.20. The standard InChI is InChI=1S/C8H14N4O/c1-6-2-8(11-10-6)9-5-12-3-7(13)4-12/h2,7,13H,3-5H2,1H3,(H2,9,10,11). The first-order chi connectivity index (χ1) is 6.24. The van der Waals surface area contributed by atoms with Crippen LogP contribution in [0.1, 0.15) is 5.69 Å². The van der Waals surface area contributed by atoms with Crippen molar-refractivity contribution in [1.29, 1.82) is 0 Å². The highest BCUT2D eigenvalue weighted by molar-refractivity contribution is 5.34. The minimum atomic E-state index is -0.136. The van der Waals surface area contributed by atoms with Crippen molar-refractivity contribution in [2.45, 2.75) is 13.0 Å². The summed E-state index contributed by atoms with van der Waals surface area (Å²) >= 11 is 0. The summed E-state index contributed by atoms with van der Waals surface area (Å²) in [7, 11) is 0. The molecule has 72 valence electrons. The summed E-state index contributed by atoms with van der Waals surface area (Å²) in [6, 6.07) is 1.95. The van der Waals surface area contributed by atoms with Crippen LogP contribution in [0.25, 0.3) is 0 Å². The van der Waals surface area contributed by atoms with Crippen molar-refractivity contribution < 1.29 is 5.11 Å². The Labute approximate surface area is 76.8 Å². The smallest absolute Gasteiger partial charge is 0.149 e. The maximum Gasteiger partial charge on any atom is 0.149 e. The molecule has 2 rings (SSSR count). The van der Waals surface area contributed by atoms with E-state index in [-0.39, 0.29) is 6.10 Å². The number of likely N-dealkylation sites (tertiary alicyclic amines) is 1. The van der Waals surface area contributed by atoms with E-state index in [1.54, 1.807) is 0 Å². The van der Waals surface area contributed by atoms with Gasteiger partial charge < -0.3 is 10.4 Å². The highest BCUT2D eigenvalue weighted by Crippen LogP contribution is 2.08. The second-order valence-electron chi connectivity index (χ2n) is 3.46. The summed E-state index contributed by atoms with van der Waals surface area (Å²) in [5.74, 6) is 0.860. The lowest BCUT2D eigenvalue weighted by molar-refractivity contribution is 0.00707. The van der Waals surface area contributed by atoms with Gasteiger partial charge in [0.2, 0.25) is 0 Å². The van der Waals surface area contributed by atoms with Crippen molar-refractivity contribution in [3.05, 3.63) is 11.8 Å². The summed E-state index contributed by atoms with van der Waals surface area (Å²) in [6.07, 6.45) is -0.136. The van der Waals surface area contributed by atoms with Crippen molar-refractivity contribution in [1.82, 2.24) is 15.1 Å². The molecule has 13 heavy (non-hydrogen) atoms. The van der Waals surface area contributed by atoms with E-state index < -0.39 is 0 Å². The molecule has 0 aromatic carbocycles. The highest BCUT2D eigenvalue weighted by Gasteiger charge is 2.23. The van der Waals surface area contributed by atoms with Gasteiger partial charge in [0.25, 0.3) is 0 Å². The number of nitrogens with zero attached hydrogens (tertiary/aromatic N) is 2. The van der Waals surface area contributed by atoms with Gasteiger partial charge in [0.1, 0.15) is 5.82 Å². The van der Waals surface area contributed by atoms with E-state index in [1.165, 1.54) is 0 Å². The van der Waals surface area contributed by atoms with Gasteiger partial charge in [0, 0.05) is 24.8 Å². The number of nitrogens with one attached hydrogen (secondary N) is 2. The average Bonchev–Trinajstić information content (AvgIpc) is 2.43. The third-order valence-electron chi connectivity index (χ3n) is 2.13. The average molecular weight is 182 g/mol. The van der Waals surface area contributed by atoms with Gasteiger partial charge in [-0.1, -0.05) is 0 Å². The minimum Gasteiger partial charge on any atom is -0.390 e. The third-order valence-corrected chi connectivity index (χ3v) is 2.13. The van der Waals surface area contributed by atoms with E-state index in [2.05, 4.69) is 20.4 Å². The van der Waals surface area contributed by atoms with Gasteiger partial charge in [-0.05, 0) is 6.92 Å². The highest BCUT2D eigenvalue weighted by atomic mass is 16.3. The fourth-order valence-electron chi connectivity index (χ4n) is 1.37. The Hall–Kier alpha value is -1.07. The van der Waals surface area contributed by atoms with Gasteiger partial charge in [-0.2, -0.15) is 5.10 Å². The van der Waals surface area contributed by atoms with Crippen LogP contribution >= 0.6 is 0 Å². The zero-order valence-electron chi connectivity index (χ0n) is 7.62. The number of rotatable bonds is 3. The Morgan fingerprint density at radius 1 is 1.77 bits per heavy atom. The Morgan fingerprint density at radius 2 is 2.54 bits per heavy atom. The number of aliphatic hydroxyl groups is 1. The summed E-state index contributed by atoms with van der Waals surface area (Å²) in [4.78, 5) is 2.12. The molecule has 1 aliphatic heterocycles. The van der Waals surface area contributed by atoms with E-state index in [9.17, 15) is 0 Å². The van der Waals surface area contributed by atoms with E-state index in [0.29, 0.717) is 0 Å². The lowest BCUT2D eigenvalue weighted by Crippen LogP contribution is -2.52. The largest absolute Gasteiger partial charge is 0.390 e. The van der Waals surface area contributed by atoms with E-state index >= 15 is 0 Å². The molecule has 5 nitrogen and oxygen atoms in total. The first kappa shape index (κ1) is 8.52. The van der Waals surface area contributed by atoms with Crippen molar-refractivity contribution in [3.63, 3.8) is 0 Å². The van der Waals surface area contributed by atoms with Crippen LogP contribution in [-0.4, -0.2) is 46.1 Å². The normalized spacial score (nSPS) is 18.6. The van der Waals surface area contributed by atoms with Gasteiger partial charge >= 0.3 is 0 Å². The van der Waals surface area contributed by atoms with Gasteiger partial charge in [0.05, 0.1) is 12.8 Å². The number of hydrogen-bond acceptors (Lipinski definition) is 4. The van der Waals surface area contributed by atoms with Gasteiger partial charge in [-0.3, -0.25) is 10.00 Å². The van der Waals surface area contributed by atoms with Crippen molar-refractivity contribution >= 4 is 5.82 Å². The molecule has 1 aromatic rings. The van der Waals surface area contributed by atoms with Gasteiger partial charge in [-0.25, -0.2) is 0 Å². The Balaban J connectivity index is 1.74. The summed E-state index contributed by atoms with van der Waals surface area (Å²) < 4.78 is 0. The zero-order chi connectivity index (χ0) is 9.26. The molecule has 0 bridgehead atoms. The molecule has 3 N–H and O–H groups in total. The fourth-order valence-corrected chi connectivity index (χ4v) is 1.37. The maximum atomic E-state index is 9.03. The van der Waals surface area contributed by atoms with Crippen LogP contribution in [-0.2, 0) is 0 Å². The molecule has 0 saturated carbocycles. The number of aryl methyl sites for hydroxylation is 1. The number of anilines is 1. The molecule has 0 atom stereocenters. The third kappa shape index (κ3) is 1.99. The second kappa shape index (κ2) is 3.35. The molecular weight excluding hydrogens is 168 g/mol. The number of β-amino-alcohol motifs (C(OH)–C–C–N with tert-alkyl or cyclic N) is 1. The molecule has 0 amide bonds. The Bertz CT molecular complexity index is 279. The first-order valence-corrected chi connectivity index (χ1v) is 4.40. The van der Waals surface area contributed by atoms with E-state index in [4.69, 9.17) is 5.11 Å². The molecule has 2 heterocycles. The van der Waals surface area contributed by atoms with Crippen LogP contribution in [0.15, 0.2) is 6.07 Å². The molecule has 1 fully saturated rings. The van der Waals surface area contributed by atoms with Crippen LogP contribution in [0, 0.1) is 6.92 Å². The number of hydrogen-bond donors (Lipinski definition) is 3. The van der Waals surface area contributed by atoms with Crippen LogP contribution in [0.2, 0.25) is 0 Å². The summed E-state index contributed by atoms with van der Waals surface area (Å²) in [6.45, 7) is 4.24. The van der Waals surface area contributed by atoms with Crippen molar-refractivity contribution in [2.24, 2.45) is 0 Å². The Morgan fingerprint density at radius 3 is 3.08 bits per heavy atom.